The summed E-state index contributed by atoms with van der Waals surface area (Å²) in [5.41, 5.74) is 0.590. The minimum atomic E-state index is -0.726. The summed E-state index contributed by atoms with van der Waals surface area (Å²) in [4.78, 5) is 27.4. The molecule has 4 bridgehead atoms. The molecule has 28 heavy (non-hydrogen) atoms. The molecule has 0 spiro atoms. The van der Waals surface area contributed by atoms with Gasteiger partial charge in [-0.05, 0) is 80.5 Å². The molecule has 6 aliphatic rings. The molecule has 4 aliphatic carbocycles. The molecule has 2 saturated heterocycles. The van der Waals surface area contributed by atoms with Crippen LogP contribution in [-0.4, -0.2) is 47.7 Å². The first-order valence-corrected chi connectivity index (χ1v) is 11.3. The summed E-state index contributed by atoms with van der Waals surface area (Å²) in [6.07, 6.45) is 9.42. The Morgan fingerprint density at radius 3 is 2.18 bits per heavy atom. The highest BCUT2D eigenvalue weighted by molar-refractivity contribution is 5.83. The highest BCUT2D eigenvalue weighted by atomic mass is 16.5. The fourth-order valence-electron chi connectivity index (χ4n) is 8.79. The molecule has 0 aromatic heterocycles. The fraction of sp³-hybridized carbons (Fsp3) is 0.913. The number of piperidine rings is 1. The lowest BCUT2D eigenvalue weighted by atomic mass is 9.40. The monoisotopic (exact) mass is 389 g/mol. The van der Waals surface area contributed by atoms with Gasteiger partial charge in [0.1, 0.15) is 0 Å². The second-order valence-electron chi connectivity index (χ2n) is 11.6. The fourth-order valence-corrected chi connectivity index (χ4v) is 8.79. The van der Waals surface area contributed by atoms with Crippen molar-refractivity contribution < 1.29 is 19.4 Å². The summed E-state index contributed by atoms with van der Waals surface area (Å²) in [5.74, 6) is 0.330. The van der Waals surface area contributed by atoms with Crippen molar-refractivity contribution in [2.75, 3.05) is 19.7 Å². The summed E-state index contributed by atoms with van der Waals surface area (Å²) >= 11 is 0. The number of rotatable bonds is 3. The zero-order chi connectivity index (χ0) is 19.7. The lowest BCUT2D eigenvalue weighted by Gasteiger charge is -2.65. The van der Waals surface area contributed by atoms with E-state index in [4.69, 9.17) is 4.74 Å². The van der Waals surface area contributed by atoms with Crippen molar-refractivity contribution in [3.05, 3.63) is 0 Å². The van der Waals surface area contributed by atoms with E-state index in [9.17, 15) is 14.7 Å². The number of amides is 1. The van der Waals surface area contributed by atoms with E-state index in [1.165, 1.54) is 19.3 Å². The molecule has 0 aromatic rings. The van der Waals surface area contributed by atoms with Crippen LogP contribution in [0.2, 0.25) is 0 Å². The number of ether oxygens (including phenoxy) is 1. The van der Waals surface area contributed by atoms with Crippen LogP contribution in [0.1, 0.15) is 71.6 Å². The van der Waals surface area contributed by atoms with Crippen LogP contribution in [0.15, 0.2) is 0 Å². The van der Waals surface area contributed by atoms with Gasteiger partial charge in [-0.15, -0.1) is 0 Å². The van der Waals surface area contributed by atoms with E-state index in [2.05, 4.69) is 18.7 Å². The third kappa shape index (κ3) is 2.91. The van der Waals surface area contributed by atoms with Crippen LogP contribution in [0.4, 0.5) is 0 Å². The van der Waals surface area contributed by atoms with E-state index in [1.54, 1.807) is 0 Å². The minimum absolute atomic E-state index is 0.122. The molecule has 4 atom stereocenters. The van der Waals surface area contributed by atoms with Gasteiger partial charge in [-0.3, -0.25) is 9.59 Å². The van der Waals surface area contributed by atoms with Crippen molar-refractivity contribution in [1.82, 2.24) is 4.90 Å². The van der Waals surface area contributed by atoms with Gasteiger partial charge < -0.3 is 14.7 Å². The average Bonchev–Trinajstić information content (AvgIpc) is 3.08. The third-order valence-electron chi connectivity index (χ3n) is 8.82. The molecule has 3 unspecified atom stereocenters. The van der Waals surface area contributed by atoms with Gasteiger partial charge in [0.05, 0.1) is 17.4 Å². The van der Waals surface area contributed by atoms with Crippen LogP contribution in [0, 0.1) is 34.0 Å². The number of carboxylic acids is 1. The first-order valence-electron chi connectivity index (χ1n) is 11.3. The predicted molar refractivity (Wildman–Crippen MR) is 105 cm³/mol. The number of carbonyl (C=O) groups excluding carboxylic acids is 1. The number of carbonyl (C=O) groups is 2. The first-order chi connectivity index (χ1) is 13.2. The standard InChI is InChI=1S/C23H35NO4/c1-21-9-15-10-22(2,12-21)14-23(11-15,13-21)20(27)24-6-3-16(4-7-24)18-17(19(25)26)5-8-28-18/h15-18H,3-14H2,1-2H3,(H,25,26)/t15?,17?,18-,21?,22?,23?/m0/s1. The number of hydrogen-bond donors (Lipinski definition) is 1. The molecule has 5 nitrogen and oxygen atoms in total. The summed E-state index contributed by atoms with van der Waals surface area (Å²) < 4.78 is 5.80. The maximum atomic E-state index is 13.7. The largest absolute Gasteiger partial charge is 0.481 e. The molecule has 0 radical (unpaired) electrons. The molecule has 2 heterocycles. The average molecular weight is 390 g/mol. The van der Waals surface area contributed by atoms with E-state index in [-0.39, 0.29) is 23.4 Å². The van der Waals surface area contributed by atoms with Crippen molar-refractivity contribution in [3.8, 4) is 0 Å². The van der Waals surface area contributed by atoms with Crippen LogP contribution < -0.4 is 0 Å². The lowest BCUT2D eigenvalue weighted by molar-refractivity contribution is -0.181. The predicted octanol–water partition coefficient (Wildman–Crippen LogP) is 3.71. The second-order valence-corrected chi connectivity index (χ2v) is 11.6. The lowest BCUT2D eigenvalue weighted by Crippen LogP contribution is -2.61. The van der Waals surface area contributed by atoms with E-state index < -0.39 is 5.97 Å². The van der Waals surface area contributed by atoms with Crippen molar-refractivity contribution in [1.29, 1.82) is 0 Å². The van der Waals surface area contributed by atoms with E-state index in [1.807, 2.05) is 0 Å². The van der Waals surface area contributed by atoms with E-state index >= 15 is 0 Å². The van der Waals surface area contributed by atoms with Gasteiger partial charge in [0, 0.05) is 19.7 Å². The SMILES string of the molecule is CC12CC3CC(C)(C1)CC(C(=O)N1CCC([C@@H]4OCCC4C(=O)O)CC1)(C3)C2. The molecule has 0 aromatic carbocycles. The highest BCUT2D eigenvalue weighted by Crippen LogP contribution is 2.69. The Balaban J connectivity index is 1.27. The van der Waals surface area contributed by atoms with Crippen LogP contribution >= 0.6 is 0 Å². The molecule has 156 valence electrons. The first kappa shape index (κ1) is 18.9. The van der Waals surface area contributed by atoms with E-state index in [0.717, 1.165) is 51.1 Å². The number of likely N-dealkylation sites (tertiary alicyclic amines) is 1. The number of aliphatic carboxylic acids is 1. The summed E-state index contributed by atoms with van der Waals surface area (Å²) in [6, 6.07) is 0. The van der Waals surface area contributed by atoms with Crippen LogP contribution in [0.25, 0.3) is 0 Å². The summed E-state index contributed by atoms with van der Waals surface area (Å²) in [7, 11) is 0. The quantitative estimate of drug-likeness (QED) is 0.799. The minimum Gasteiger partial charge on any atom is -0.481 e. The molecule has 5 heteroatoms. The Labute approximate surface area is 168 Å². The Morgan fingerprint density at radius 1 is 0.964 bits per heavy atom. The molecule has 1 amide bonds. The summed E-state index contributed by atoms with van der Waals surface area (Å²) in [6.45, 7) is 6.95. The Morgan fingerprint density at radius 2 is 1.61 bits per heavy atom. The van der Waals surface area contributed by atoms with Crippen LogP contribution in [0.3, 0.4) is 0 Å². The van der Waals surface area contributed by atoms with Gasteiger partial charge in [0.25, 0.3) is 0 Å². The smallest absolute Gasteiger partial charge is 0.309 e. The molecule has 1 N–H and O–H groups in total. The molecule has 6 rings (SSSR count). The molecular weight excluding hydrogens is 354 g/mol. The highest BCUT2D eigenvalue weighted by Gasteiger charge is 2.63. The zero-order valence-electron chi connectivity index (χ0n) is 17.4. The molecule has 6 fully saturated rings. The van der Waals surface area contributed by atoms with E-state index in [0.29, 0.717) is 29.8 Å². The maximum Gasteiger partial charge on any atom is 0.309 e. The Bertz CT molecular complexity index is 664. The van der Waals surface area contributed by atoms with Crippen molar-refractivity contribution >= 4 is 11.9 Å². The van der Waals surface area contributed by atoms with Crippen LogP contribution in [-0.2, 0) is 14.3 Å². The Hall–Kier alpha value is -1.10. The topological polar surface area (TPSA) is 66.8 Å². The zero-order valence-corrected chi connectivity index (χ0v) is 17.4. The van der Waals surface area contributed by atoms with Crippen molar-refractivity contribution in [2.45, 2.75) is 77.7 Å². The molecular formula is C23H35NO4. The number of nitrogens with zero attached hydrogens (tertiary/aromatic N) is 1. The number of carboxylic acid groups (broad SMARTS) is 1. The Kier molecular flexibility index (Phi) is 4.18. The number of hydrogen-bond acceptors (Lipinski definition) is 3. The van der Waals surface area contributed by atoms with Gasteiger partial charge in [0.15, 0.2) is 0 Å². The maximum absolute atomic E-state index is 13.7. The van der Waals surface area contributed by atoms with Crippen LogP contribution in [0.5, 0.6) is 0 Å². The summed E-state index contributed by atoms with van der Waals surface area (Å²) in [5, 5.41) is 9.45. The second kappa shape index (κ2) is 6.20. The third-order valence-corrected chi connectivity index (χ3v) is 8.82. The normalized spacial score (nSPS) is 48.2. The van der Waals surface area contributed by atoms with Gasteiger partial charge in [0.2, 0.25) is 5.91 Å². The van der Waals surface area contributed by atoms with Crippen molar-refractivity contribution in [2.24, 2.45) is 34.0 Å². The van der Waals surface area contributed by atoms with Crippen molar-refractivity contribution in [3.63, 3.8) is 0 Å². The molecule has 2 aliphatic heterocycles. The van der Waals surface area contributed by atoms with Gasteiger partial charge >= 0.3 is 5.97 Å². The molecule has 4 saturated carbocycles. The van der Waals surface area contributed by atoms with Gasteiger partial charge in [-0.1, -0.05) is 13.8 Å². The van der Waals surface area contributed by atoms with Gasteiger partial charge in [-0.2, -0.15) is 0 Å². The van der Waals surface area contributed by atoms with Gasteiger partial charge in [-0.25, -0.2) is 0 Å².